The highest BCUT2D eigenvalue weighted by atomic mass is 16.1. The van der Waals surface area contributed by atoms with Crippen LogP contribution in [0.15, 0.2) is 18.3 Å². The van der Waals surface area contributed by atoms with Crippen LogP contribution in [0.3, 0.4) is 0 Å². The predicted molar refractivity (Wildman–Crippen MR) is 69.4 cm³/mol. The van der Waals surface area contributed by atoms with Crippen molar-refractivity contribution in [3.8, 4) is 0 Å². The van der Waals surface area contributed by atoms with Crippen molar-refractivity contribution in [1.82, 2.24) is 10.3 Å². The summed E-state index contributed by atoms with van der Waals surface area (Å²) < 4.78 is 0. The average molecular weight is 235 g/mol. The molecule has 0 fully saturated rings. The molecule has 1 aromatic rings. The van der Waals surface area contributed by atoms with Crippen LogP contribution in [0.1, 0.15) is 33.4 Å². The van der Waals surface area contributed by atoms with Gasteiger partial charge in [-0.15, -0.1) is 0 Å². The first-order chi connectivity index (χ1) is 7.79. The maximum Gasteiger partial charge on any atom is 0.226 e. The molecule has 0 saturated carbocycles. The molecule has 17 heavy (non-hydrogen) atoms. The van der Waals surface area contributed by atoms with Gasteiger partial charge >= 0.3 is 0 Å². The number of nitrogens with one attached hydrogen (secondary N) is 1. The van der Waals surface area contributed by atoms with Crippen LogP contribution in [-0.4, -0.2) is 16.9 Å². The predicted octanol–water partition coefficient (Wildman–Crippen LogP) is 1.76. The summed E-state index contributed by atoms with van der Waals surface area (Å²) in [6.07, 6.45) is 1.86. The Morgan fingerprint density at radius 3 is 2.59 bits per heavy atom. The van der Waals surface area contributed by atoms with Crippen LogP contribution in [-0.2, 0) is 11.2 Å². The van der Waals surface area contributed by atoms with Crippen molar-refractivity contribution in [3.63, 3.8) is 0 Å². The second-order valence-corrected chi connectivity index (χ2v) is 5.41. The van der Waals surface area contributed by atoms with Crippen LogP contribution in [0.5, 0.6) is 0 Å². The molecule has 94 valence electrons. The Labute approximate surface area is 103 Å². The molecular weight excluding hydrogens is 214 g/mol. The lowest BCUT2D eigenvalue weighted by molar-refractivity contribution is -0.121. The number of nitrogen functional groups attached to an aromatic ring is 1. The van der Waals surface area contributed by atoms with Gasteiger partial charge in [-0.2, -0.15) is 0 Å². The topological polar surface area (TPSA) is 68.0 Å². The molecule has 4 nitrogen and oxygen atoms in total. The van der Waals surface area contributed by atoms with E-state index in [1.807, 2.05) is 6.92 Å². The number of hydrogen-bond donors (Lipinski definition) is 2. The number of rotatable bonds is 3. The molecule has 1 atom stereocenters. The molecule has 0 bridgehead atoms. The highest BCUT2D eigenvalue weighted by Crippen LogP contribution is 2.18. The van der Waals surface area contributed by atoms with Gasteiger partial charge in [0.1, 0.15) is 0 Å². The zero-order valence-corrected chi connectivity index (χ0v) is 10.9. The molecule has 1 unspecified atom stereocenters. The van der Waals surface area contributed by atoms with E-state index in [9.17, 15) is 4.79 Å². The first-order valence-electron chi connectivity index (χ1n) is 5.79. The second-order valence-electron chi connectivity index (χ2n) is 5.41. The molecule has 0 spiro atoms. The number of carbonyl (C=O) groups excluding carboxylic acids is 1. The molecule has 0 aliphatic carbocycles. The molecule has 0 aliphatic rings. The number of nitrogens with zero attached hydrogens (tertiary/aromatic N) is 1. The Bertz CT molecular complexity index is 379. The van der Waals surface area contributed by atoms with Crippen LogP contribution < -0.4 is 11.1 Å². The first-order valence-corrected chi connectivity index (χ1v) is 5.79. The molecule has 0 aromatic carbocycles. The summed E-state index contributed by atoms with van der Waals surface area (Å²) >= 11 is 0. The Morgan fingerprint density at radius 1 is 1.47 bits per heavy atom. The summed E-state index contributed by atoms with van der Waals surface area (Å²) in [5, 5.41) is 2.97. The lowest BCUT2D eigenvalue weighted by atomic mass is 9.88. The van der Waals surface area contributed by atoms with E-state index in [0.29, 0.717) is 12.1 Å². The Balaban J connectivity index is 2.53. The third-order valence-electron chi connectivity index (χ3n) is 2.87. The smallest absolute Gasteiger partial charge is 0.226 e. The van der Waals surface area contributed by atoms with Gasteiger partial charge in [0.15, 0.2) is 0 Å². The van der Waals surface area contributed by atoms with E-state index in [1.54, 1.807) is 18.3 Å². The number of nitrogens with two attached hydrogens (primary N) is 1. The van der Waals surface area contributed by atoms with E-state index >= 15 is 0 Å². The SMILES string of the molecule is CC(NC(=O)Cc1ccc(N)cn1)C(C)(C)C. The normalized spacial score (nSPS) is 13.2. The van der Waals surface area contributed by atoms with Crippen molar-refractivity contribution in [2.75, 3.05) is 5.73 Å². The van der Waals surface area contributed by atoms with Gasteiger partial charge in [0.2, 0.25) is 5.91 Å². The van der Waals surface area contributed by atoms with E-state index < -0.39 is 0 Å². The summed E-state index contributed by atoms with van der Waals surface area (Å²) in [5.74, 6) is -0.00954. The molecular formula is C13H21N3O. The molecule has 1 rings (SSSR count). The first kappa shape index (κ1) is 13.5. The molecule has 1 heterocycles. The third kappa shape index (κ3) is 4.43. The van der Waals surface area contributed by atoms with Gasteiger partial charge in [-0.1, -0.05) is 20.8 Å². The quantitative estimate of drug-likeness (QED) is 0.838. The van der Waals surface area contributed by atoms with Gasteiger partial charge in [0.05, 0.1) is 18.3 Å². The van der Waals surface area contributed by atoms with Gasteiger partial charge < -0.3 is 11.1 Å². The van der Waals surface area contributed by atoms with E-state index in [2.05, 4.69) is 31.1 Å². The van der Waals surface area contributed by atoms with Gasteiger partial charge in [-0.3, -0.25) is 9.78 Å². The lowest BCUT2D eigenvalue weighted by Gasteiger charge is -2.28. The number of hydrogen-bond acceptors (Lipinski definition) is 3. The Kier molecular flexibility index (Phi) is 4.10. The van der Waals surface area contributed by atoms with Crippen LogP contribution in [0.25, 0.3) is 0 Å². The van der Waals surface area contributed by atoms with Gasteiger partial charge in [-0.05, 0) is 24.5 Å². The molecule has 0 radical (unpaired) electrons. The number of carbonyl (C=O) groups is 1. The molecule has 1 amide bonds. The van der Waals surface area contributed by atoms with Crippen molar-refractivity contribution < 1.29 is 4.79 Å². The summed E-state index contributed by atoms with van der Waals surface area (Å²) in [7, 11) is 0. The Hall–Kier alpha value is -1.58. The van der Waals surface area contributed by atoms with Gasteiger partial charge in [0.25, 0.3) is 0 Å². The van der Waals surface area contributed by atoms with Crippen LogP contribution >= 0.6 is 0 Å². The van der Waals surface area contributed by atoms with Crippen molar-refractivity contribution in [1.29, 1.82) is 0 Å². The lowest BCUT2D eigenvalue weighted by Crippen LogP contribution is -2.42. The van der Waals surface area contributed by atoms with E-state index in [1.165, 1.54) is 0 Å². The van der Waals surface area contributed by atoms with Crippen LogP contribution in [0.2, 0.25) is 0 Å². The summed E-state index contributed by atoms with van der Waals surface area (Å²) in [6, 6.07) is 3.66. The zero-order valence-electron chi connectivity index (χ0n) is 10.9. The molecule has 0 aliphatic heterocycles. The second kappa shape index (κ2) is 5.17. The van der Waals surface area contributed by atoms with E-state index in [4.69, 9.17) is 5.73 Å². The zero-order chi connectivity index (χ0) is 13.1. The maximum absolute atomic E-state index is 11.8. The molecule has 4 heteroatoms. The fourth-order valence-electron chi connectivity index (χ4n) is 1.21. The number of pyridine rings is 1. The minimum Gasteiger partial charge on any atom is -0.397 e. The largest absolute Gasteiger partial charge is 0.397 e. The van der Waals surface area contributed by atoms with Gasteiger partial charge in [0, 0.05) is 11.7 Å². The number of anilines is 1. The minimum atomic E-state index is -0.00954. The molecule has 0 saturated heterocycles. The highest BCUT2D eigenvalue weighted by molar-refractivity contribution is 5.78. The average Bonchev–Trinajstić information content (AvgIpc) is 2.20. The van der Waals surface area contributed by atoms with Gasteiger partial charge in [-0.25, -0.2) is 0 Å². The minimum absolute atomic E-state index is 0.00954. The van der Waals surface area contributed by atoms with Crippen LogP contribution in [0.4, 0.5) is 5.69 Å². The number of aromatic nitrogens is 1. The molecule has 1 aromatic heterocycles. The standard InChI is InChI=1S/C13H21N3O/c1-9(13(2,3)4)16-12(17)7-11-6-5-10(14)8-15-11/h5-6,8-9H,7,14H2,1-4H3,(H,16,17). The maximum atomic E-state index is 11.8. The van der Waals surface area contributed by atoms with Crippen molar-refractivity contribution in [2.45, 2.75) is 40.2 Å². The van der Waals surface area contributed by atoms with E-state index in [-0.39, 0.29) is 17.4 Å². The summed E-state index contributed by atoms with van der Waals surface area (Å²) in [5.41, 5.74) is 6.93. The molecule has 3 N–H and O–H groups in total. The van der Waals surface area contributed by atoms with Crippen molar-refractivity contribution >= 4 is 11.6 Å². The van der Waals surface area contributed by atoms with E-state index in [0.717, 1.165) is 5.69 Å². The summed E-state index contributed by atoms with van der Waals surface area (Å²) in [4.78, 5) is 15.9. The highest BCUT2D eigenvalue weighted by Gasteiger charge is 2.21. The monoisotopic (exact) mass is 235 g/mol. The third-order valence-corrected chi connectivity index (χ3v) is 2.87. The number of amides is 1. The summed E-state index contributed by atoms with van der Waals surface area (Å²) in [6.45, 7) is 8.30. The van der Waals surface area contributed by atoms with Crippen molar-refractivity contribution in [2.24, 2.45) is 5.41 Å². The Morgan fingerprint density at radius 2 is 2.12 bits per heavy atom. The van der Waals surface area contributed by atoms with Crippen molar-refractivity contribution in [3.05, 3.63) is 24.0 Å². The van der Waals surface area contributed by atoms with Crippen LogP contribution in [0, 0.1) is 5.41 Å². The fourth-order valence-corrected chi connectivity index (χ4v) is 1.21. The fraction of sp³-hybridized carbons (Fsp3) is 0.538.